The van der Waals surface area contributed by atoms with Crippen LogP contribution in [-0.2, 0) is 0 Å². The molecule has 0 spiro atoms. The van der Waals surface area contributed by atoms with Crippen molar-refractivity contribution in [2.24, 2.45) is 0 Å². The molecule has 0 fully saturated rings. The summed E-state index contributed by atoms with van der Waals surface area (Å²) in [6, 6.07) is 1.46. The van der Waals surface area contributed by atoms with Crippen LogP contribution in [0.3, 0.4) is 0 Å². The molecule has 0 aliphatic heterocycles. The van der Waals surface area contributed by atoms with Crippen molar-refractivity contribution in [3.8, 4) is 0 Å². The van der Waals surface area contributed by atoms with Crippen molar-refractivity contribution in [1.82, 2.24) is 6.15 Å². The molecule has 1 atom stereocenters. The molecule has 0 bridgehead atoms. The molecule has 0 saturated carbocycles. The van der Waals surface area contributed by atoms with E-state index in [9.17, 15) is 22.0 Å². The molecule has 18 heavy (non-hydrogen) atoms. The molecule has 0 aliphatic rings. The first-order chi connectivity index (χ1) is 7.91. The predicted octanol–water partition coefficient (Wildman–Crippen LogP) is 4.46. The molecular weight excluding hydrogens is 257 g/mol. The summed E-state index contributed by atoms with van der Waals surface area (Å²) in [5, 5.41) is -0.0409. The number of hydrogen-bond acceptors (Lipinski definition) is 2. The van der Waals surface area contributed by atoms with Crippen LogP contribution in [-0.4, -0.2) is 6.43 Å². The summed E-state index contributed by atoms with van der Waals surface area (Å²) in [5.41, 5.74) is -0.437. The maximum absolute atomic E-state index is 13.3. The van der Waals surface area contributed by atoms with Crippen molar-refractivity contribution in [3.05, 3.63) is 35.1 Å². The molecule has 0 unspecified atom stereocenters. The van der Waals surface area contributed by atoms with Crippen LogP contribution in [0.4, 0.5) is 22.0 Å². The summed E-state index contributed by atoms with van der Waals surface area (Å²) in [5.74, 6) is -2.59. The van der Waals surface area contributed by atoms with E-state index < -0.39 is 35.6 Å². The number of aryl methyl sites for hydroxylation is 1. The highest BCUT2D eigenvalue weighted by molar-refractivity contribution is 5.82. The quantitative estimate of drug-likeness (QED) is 0.817. The summed E-state index contributed by atoms with van der Waals surface area (Å²) in [6.45, 7) is 1.27. The summed E-state index contributed by atoms with van der Waals surface area (Å²) in [4.78, 5) is 0. The minimum Gasteiger partial charge on any atom is -0.454 e. The Labute approximate surface area is 99.0 Å². The number of hydrogen-bond donors (Lipinski definition) is 1. The maximum atomic E-state index is 13.3. The predicted molar refractivity (Wildman–Crippen MR) is 55.7 cm³/mol. The lowest BCUT2D eigenvalue weighted by atomic mass is 10.1. The van der Waals surface area contributed by atoms with E-state index in [1.807, 2.05) is 0 Å². The van der Waals surface area contributed by atoms with Crippen LogP contribution in [0.2, 0.25) is 0 Å². The molecule has 2 aromatic rings. The molecule has 2 nitrogen and oxygen atoms in total. The number of fused-ring (bicyclic) bond motifs is 1. The third-order valence-corrected chi connectivity index (χ3v) is 2.47. The van der Waals surface area contributed by atoms with Crippen LogP contribution in [0.25, 0.3) is 11.0 Å². The molecule has 2 rings (SSSR count). The molecule has 0 amide bonds. The third kappa shape index (κ3) is 2.17. The molecule has 100 valence electrons. The van der Waals surface area contributed by atoms with E-state index in [1.165, 1.54) is 6.92 Å². The zero-order valence-electron chi connectivity index (χ0n) is 9.31. The number of rotatable bonds is 2. The van der Waals surface area contributed by atoms with Gasteiger partial charge in [0, 0.05) is 17.0 Å². The van der Waals surface area contributed by atoms with Crippen molar-refractivity contribution in [2.75, 3.05) is 0 Å². The Morgan fingerprint density at radius 1 is 1.11 bits per heavy atom. The fourth-order valence-electron chi connectivity index (χ4n) is 1.64. The molecule has 0 radical (unpaired) electrons. The van der Waals surface area contributed by atoms with E-state index in [0.717, 1.165) is 6.07 Å². The highest BCUT2D eigenvalue weighted by Gasteiger charge is 2.29. The molecule has 0 saturated heterocycles. The Kier molecular flexibility index (Phi) is 3.95. The first-order valence-corrected chi connectivity index (χ1v) is 4.72. The second-order valence-corrected chi connectivity index (χ2v) is 3.59. The van der Waals surface area contributed by atoms with Gasteiger partial charge in [-0.15, -0.1) is 0 Å². The maximum Gasteiger partial charge on any atom is 0.276 e. The Morgan fingerprint density at radius 2 is 1.72 bits per heavy atom. The van der Waals surface area contributed by atoms with Crippen LogP contribution in [0.5, 0.6) is 0 Å². The molecule has 1 aromatic carbocycles. The van der Waals surface area contributed by atoms with E-state index in [1.54, 1.807) is 0 Å². The normalized spacial score (nSPS) is 12.8. The third-order valence-electron chi connectivity index (χ3n) is 2.47. The summed E-state index contributed by atoms with van der Waals surface area (Å²) < 4.78 is 68.4. The van der Waals surface area contributed by atoms with Gasteiger partial charge < -0.3 is 10.6 Å². The van der Waals surface area contributed by atoms with Crippen molar-refractivity contribution in [1.29, 1.82) is 0 Å². The first kappa shape index (κ1) is 14.4. The fourth-order valence-corrected chi connectivity index (χ4v) is 1.64. The average Bonchev–Trinajstić information content (AvgIpc) is 2.56. The van der Waals surface area contributed by atoms with Gasteiger partial charge in [0.05, 0.1) is 0 Å². The van der Waals surface area contributed by atoms with Gasteiger partial charge in [0.2, 0.25) is 6.17 Å². The highest BCUT2D eigenvalue weighted by atomic mass is 19.3. The van der Waals surface area contributed by atoms with Gasteiger partial charge in [-0.25, -0.2) is 22.0 Å². The average molecular weight is 267 g/mol. The van der Waals surface area contributed by atoms with Crippen LogP contribution in [0.15, 0.2) is 16.5 Å². The number of benzene rings is 1. The van der Waals surface area contributed by atoms with Crippen molar-refractivity contribution in [2.45, 2.75) is 19.5 Å². The standard InChI is InChI=1S/C11H7F5O.H3N/c1-4-6-2-5(12)3-7(13)10(6)17-9(4)8(14)11(15)16;/h2-3,8,11H,1H3;1H3/t8-;/m1./s1. The summed E-state index contributed by atoms with van der Waals surface area (Å²) in [7, 11) is 0. The summed E-state index contributed by atoms with van der Waals surface area (Å²) >= 11 is 0. The molecular formula is C11H10F5NO. The number of furan rings is 1. The monoisotopic (exact) mass is 267 g/mol. The van der Waals surface area contributed by atoms with Gasteiger partial charge >= 0.3 is 0 Å². The van der Waals surface area contributed by atoms with Crippen molar-refractivity contribution < 1.29 is 26.4 Å². The Morgan fingerprint density at radius 3 is 2.28 bits per heavy atom. The zero-order valence-corrected chi connectivity index (χ0v) is 9.31. The second-order valence-electron chi connectivity index (χ2n) is 3.59. The van der Waals surface area contributed by atoms with Gasteiger partial charge in [0.15, 0.2) is 11.4 Å². The largest absolute Gasteiger partial charge is 0.454 e. The second kappa shape index (κ2) is 4.93. The lowest BCUT2D eigenvalue weighted by Crippen LogP contribution is -2.02. The number of halogens is 5. The minimum absolute atomic E-state index is 0. The Bertz CT molecular complexity index is 566. The molecule has 3 N–H and O–H groups in total. The van der Waals surface area contributed by atoms with Gasteiger partial charge in [-0.3, -0.25) is 0 Å². The topological polar surface area (TPSA) is 48.1 Å². The van der Waals surface area contributed by atoms with Gasteiger partial charge in [-0.05, 0) is 13.0 Å². The highest BCUT2D eigenvalue weighted by Crippen LogP contribution is 2.35. The van der Waals surface area contributed by atoms with E-state index in [-0.39, 0.29) is 17.1 Å². The van der Waals surface area contributed by atoms with Crippen molar-refractivity contribution in [3.63, 3.8) is 0 Å². The Hall–Kier alpha value is -1.63. The van der Waals surface area contributed by atoms with Crippen molar-refractivity contribution >= 4 is 11.0 Å². The van der Waals surface area contributed by atoms with Gasteiger partial charge in [0.1, 0.15) is 11.6 Å². The first-order valence-electron chi connectivity index (χ1n) is 4.72. The number of alkyl halides is 3. The van der Waals surface area contributed by atoms with Gasteiger partial charge in [-0.1, -0.05) is 0 Å². The molecule has 0 aliphatic carbocycles. The molecule has 1 heterocycles. The van der Waals surface area contributed by atoms with E-state index >= 15 is 0 Å². The fraction of sp³-hybridized carbons (Fsp3) is 0.273. The minimum atomic E-state index is -3.28. The van der Waals surface area contributed by atoms with E-state index in [4.69, 9.17) is 4.42 Å². The van der Waals surface area contributed by atoms with Crippen LogP contribution >= 0.6 is 0 Å². The molecule has 1 aromatic heterocycles. The van der Waals surface area contributed by atoms with Crippen LogP contribution in [0.1, 0.15) is 17.5 Å². The SMILES string of the molecule is Cc1c([C@@H](F)C(F)F)oc2c(F)cc(F)cc12.N. The van der Waals surface area contributed by atoms with Crippen LogP contribution < -0.4 is 6.15 Å². The van der Waals surface area contributed by atoms with E-state index in [2.05, 4.69) is 0 Å². The summed E-state index contributed by atoms with van der Waals surface area (Å²) in [6.07, 6.45) is -5.92. The van der Waals surface area contributed by atoms with Gasteiger partial charge in [0.25, 0.3) is 6.43 Å². The van der Waals surface area contributed by atoms with Gasteiger partial charge in [-0.2, -0.15) is 0 Å². The lowest BCUT2D eigenvalue weighted by molar-refractivity contribution is 0.0380. The smallest absolute Gasteiger partial charge is 0.276 e. The van der Waals surface area contributed by atoms with Crippen LogP contribution in [0, 0.1) is 18.6 Å². The Balaban J connectivity index is 0.00000162. The van der Waals surface area contributed by atoms with E-state index in [0.29, 0.717) is 6.07 Å². The zero-order chi connectivity index (χ0) is 12.7. The molecule has 7 heteroatoms. The lowest BCUT2D eigenvalue weighted by Gasteiger charge is -2.03.